The third-order valence-corrected chi connectivity index (χ3v) is 3.43. The lowest BCUT2D eigenvalue weighted by molar-refractivity contribution is -0.159. The van der Waals surface area contributed by atoms with Gasteiger partial charge in [0.2, 0.25) is 11.7 Å². The van der Waals surface area contributed by atoms with Gasteiger partial charge < -0.3 is 14.5 Å². The first kappa shape index (κ1) is 18.9. The average Bonchev–Trinajstić information content (AvgIpc) is 3.04. The van der Waals surface area contributed by atoms with Crippen LogP contribution < -0.4 is 0 Å². The molecule has 0 atom stereocenters. The number of rotatable bonds is 6. The number of benzene rings is 1. The lowest BCUT2D eigenvalue weighted by Crippen LogP contribution is -2.35. The molecular weight excluding hydrogens is 339 g/mol. The number of hydrogen-bond donors (Lipinski definition) is 1. The lowest BCUT2D eigenvalue weighted by Gasteiger charge is -2.23. The second-order valence-corrected chi connectivity index (χ2v) is 5.76. The van der Waals surface area contributed by atoms with Crippen molar-refractivity contribution < 1.29 is 27.6 Å². The van der Waals surface area contributed by atoms with E-state index in [1.807, 2.05) is 0 Å². The highest BCUT2D eigenvalue weighted by Gasteiger charge is 2.38. The summed E-state index contributed by atoms with van der Waals surface area (Å²) in [5, 5.41) is 12.4. The van der Waals surface area contributed by atoms with Crippen LogP contribution in [0.5, 0.6) is 0 Å². The molecule has 1 aromatic heterocycles. The van der Waals surface area contributed by atoms with E-state index in [9.17, 15) is 18.0 Å². The summed E-state index contributed by atoms with van der Waals surface area (Å²) >= 11 is 0. The molecule has 0 fully saturated rings. The number of alkyl halides is 3. The molecule has 0 saturated carbocycles. The van der Waals surface area contributed by atoms with Gasteiger partial charge in [-0.15, -0.1) is 0 Å². The first-order valence-corrected chi connectivity index (χ1v) is 7.62. The molecule has 0 saturated heterocycles. The van der Waals surface area contributed by atoms with Crippen LogP contribution in [0, 0.1) is 5.92 Å². The number of aromatic nitrogens is 2. The van der Waals surface area contributed by atoms with Crippen LogP contribution in [-0.2, 0) is 17.5 Å². The van der Waals surface area contributed by atoms with E-state index >= 15 is 0 Å². The topological polar surface area (TPSA) is 79.5 Å². The Morgan fingerprint density at radius 1 is 1.28 bits per heavy atom. The molecule has 0 bridgehead atoms. The Hall–Kier alpha value is -2.42. The van der Waals surface area contributed by atoms with Crippen molar-refractivity contribution in [3.8, 4) is 11.4 Å². The van der Waals surface area contributed by atoms with E-state index < -0.39 is 12.1 Å². The maximum atomic E-state index is 12.5. The minimum atomic E-state index is -4.69. The summed E-state index contributed by atoms with van der Waals surface area (Å²) < 4.78 is 41.7. The second kappa shape index (κ2) is 7.64. The molecular formula is C16H18F3N3O3. The number of halogens is 3. The van der Waals surface area contributed by atoms with Gasteiger partial charge in [0.1, 0.15) is 0 Å². The van der Waals surface area contributed by atoms with E-state index in [1.165, 1.54) is 4.90 Å². The smallest absolute Gasteiger partial charge is 0.395 e. The van der Waals surface area contributed by atoms with Crippen molar-refractivity contribution in [3.05, 3.63) is 35.7 Å². The summed E-state index contributed by atoms with van der Waals surface area (Å²) in [5.41, 5.74) is 1.14. The summed E-state index contributed by atoms with van der Waals surface area (Å²) in [6, 6.07) is 6.43. The van der Waals surface area contributed by atoms with Gasteiger partial charge in [0.15, 0.2) is 0 Å². The Labute approximate surface area is 142 Å². The molecule has 1 N–H and O–H groups in total. The number of hydrogen-bond acceptors (Lipinski definition) is 5. The summed E-state index contributed by atoms with van der Waals surface area (Å²) in [6.45, 7) is 3.88. The fourth-order valence-corrected chi connectivity index (χ4v) is 2.19. The number of aliphatic hydroxyl groups excluding tert-OH is 1. The predicted octanol–water partition coefficient (Wildman–Crippen LogP) is 2.73. The van der Waals surface area contributed by atoms with Gasteiger partial charge in [0, 0.05) is 24.6 Å². The van der Waals surface area contributed by atoms with Gasteiger partial charge in [-0.1, -0.05) is 43.3 Å². The summed E-state index contributed by atoms with van der Waals surface area (Å²) in [7, 11) is 0. The van der Waals surface area contributed by atoms with Crippen LogP contribution in [0.25, 0.3) is 11.4 Å². The first-order valence-electron chi connectivity index (χ1n) is 7.62. The van der Waals surface area contributed by atoms with Gasteiger partial charge in [0.05, 0.1) is 6.61 Å². The van der Waals surface area contributed by atoms with Gasteiger partial charge in [-0.25, -0.2) is 0 Å². The number of carbonyl (C=O) groups excluding carboxylic acids is 1. The molecule has 1 amide bonds. The molecule has 9 heteroatoms. The molecule has 25 heavy (non-hydrogen) atoms. The van der Waals surface area contributed by atoms with Crippen LogP contribution in [0.15, 0.2) is 28.8 Å². The highest BCUT2D eigenvalue weighted by atomic mass is 19.4. The minimum absolute atomic E-state index is 0.0916. The molecule has 2 rings (SSSR count). The highest BCUT2D eigenvalue weighted by molar-refractivity contribution is 5.78. The van der Waals surface area contributed by atoms with Crippen LogP contribution in [0.4, 0.5) is 13.2 Å². The molecule has 0 aliphatic heterocycles. The highest BCUT2D eigenvalue weighted by Crippen LogP contribution is 2.29. The first-order chi connectivity index (χ1) is 11.7. The maximum absolute atomic E-state index is 12.5. The number of amides is 1. The van der Waals surface area contributed by atoms with Crippen molar-refractivity contribution in [1.29, 1.82) is 0 Å². The van der Waals surface area contributed by atoms with Gasteiger partial charge in [-0.3, -0.25) is 4.79 Å². The number of carbonyl (C=O) groups is 1. The van der Waals surface area contributed by atoms with E-state index in [0.29, 0.717) is 5.56 Å². The number of nitrogens with zero attached hydrogens (tertiary/aromatic N) is 3. The fourth-order valence-electron chi connectivity index (χ4n) is 2.19. The average molecular weight is 357 g/mol. The molecule has 0 aliphatic carbocycles. The molecule has 0 unspecified atom stereocenters. The Morgan fingerprint density at radius 3 is 2.40 bits per heavy atom. The molecule has 2 aromatic rings. The minimum Gasteiger partial charge on any atom is -0.395 e. The van der Waals surface area contributed by atoms with Crippen LogP contribution in [0.3, 0.4) is 0 Å². The fraction of sp³-hybridized carbons (Fsp3) is 0.438. The zero-order valence-corrected chi connectivity index (χ0v) is 13.7. The molecule has 0 spiro atoms. The Kier molecular flexibility index (Phi) is 5.78. The van der Waals surface area contributed by atoms with E-state index in [0.717, 1.165) is 5.56 Å². The summed E-state index contributed by atoms with van der Waals surface area (Å²) in [6.07, 6.45) is -4.69. The van der Waals surface area contributed by atoms with Crippen molar-refractivity contribution in [2.75, 3.05) is 13.2 Å². The quantitative estimate of drug-likeness (QED) is 0.860. The van der Waals surface area contributed by atoms with Gasteiger partial charge >= 0.3 is 12.1 Å². The van der Waals surface area contributed by atoms with Crippen LogP contribution in [0.2, 0.25) is 0 Å². The summed E-state index contributed by atoms with van der Waals surface area (Å²) in [4.78, 5) is 16.9. The molecule has 136 valence electrons. The van der Waals surface area contributed by atoms with Crippen molar-refractivity contribution in [2.24, 2.45) is 5.92 Å². The maximum Gasteiger partial charge on any atom is 0.471 e. The van der Waals surface area contributed by atoms with Crippen LogP contribution >= 0.6 is 0 Å². The van der Waals surface area contributed by atoms with Crippen LogP contribution in [0.1, 0.15) is 25.3 Å². The van der Waals surface area contributed by atoms with E-state index in [2.05, 4.69) is 14.7 Å². The zero-order chi connectivity index (χ0) is 18.6. The largest absolute Gasteiger partial charge is 0.471 e. The molecule has 1 aromatic carbocycles. The van der Waals surface area contributed by atoms with E-state index in [4.69, 9.17) is 5.11 Å². The third kappa shape index (κ3) is 4.79. The standard InChI is InChI=1S/C16H18F3N3O3/c1-10(2)14(24)22(7-8-23)9-11-3-5-12(6-4-11)13-20-15(25-21-13)16(17,18)19/h3-6,10,23H,7-9H2,1-2H3. The van der Waals surface area contributed by atoms with Crippen molar-refractivity contribution in [1.82, 2.24) is 15.0 Å². The molecule has 1 heterocycles. The van der Waals surface area contributed by atoms with Crippen molar-refractivity contribution >= 4 is 5.91 Å². The van der Waals surface area contributed by atoms with Gasteiger partial charge in [0.25, 0.3) is 0 Å². The van der Waals surface area contributed by atoms with E-state index in [-0.39, 0.29) is 37.3 Å². The molecule has 0 radical (unpaired) electrons. The second-order valence-electron chi connectivity index (χ2n) is 5.76. The van der Waals surface area contributed by atoms with Crippen molar-refractivity contribution in [2.45, 2.75) is 26.6 Å². The predicted molar refractivity (Wildman–Crippen MR) is 82.1 cm³/mol. The molecule has 6 nitrogen and oxygen atoms in total. The number of aliphatic hydroxyl groups is 1. The zero-order valence-electron chi connectivity index (χ0n) is 13.7. The van der Waals surface area contributed by atoms with E-state index in [1.54, 1.807) is 38.1 Å². The normalized spacial score (nSPS) is 11.8. The van der Waals surface area contributed by atoms with Gasteiger partial charge in [-0.05, 0) is 5.56 Å². The Bertz CT molecular complexity index is 711. The van der Waals surface area contributed by atoms with Crippen molar-refractivity contribution in [3.63, 3.8) is 0 Å². The third-order valence-electron chi connectivity index (χ3n) is 3.43. The Balaban J connectivity index is 2.13. The lowest BCUT2D eigenvalue weighted by atomic mass is 10.1. The van der Waals surface area contributed by atoms with Gasteiger partial charge in [-0.2, -0.15) is 18.2 Å². The molecule has 0 aliphatic rings. The summed E-state index contributed by atoms with van der Waals surface area (Å²) in [5.74, 6) is -1.86. The monoisotopic (exact) mass is 357 g/mol. The SMILES string of the molecule is CC(C)C(=O)N(CCO)Cc1ccc(-c2noc(C(F)(F)F)n2)cc1. The van der Waals surface area contributed by atoms with Crippen LogP contribution in [-0.4, -0.2) is 39.2 Å². The Morgan fingerprint density at radius 2 is 1.92 bits per heavy atom.